The van der Waals surface area contributed by atoms with Gasteiger partial charge in [0.15, 0.2) is 17.3 Å². The van der Waals surface area contributed by atoms with Gasteiger partial charge in [0.2, 0.25) is 12.7 Å². The molecule has 8 heteroatoms. The summed E-state index contributed by atoms with van der Waals surface area (Å²) in [6.07, 6.45) is 2.01. The van der Waals surface area contributed by atoms with Gasteiger partial charge >= 0.3 is 0 Å². The number of carbonyl (C=O) groups is 1. The molecule has 1 amide bonds. The van der Waals surface area contributed by atoms with Crippen molar-refractivity contribution in [3.05, 3.63) is 71.3 Å². The molecule has 0 fully saturated rings. The van der Waals surface area contributed by atoms with Gasteiger partial charge in [-0.15, -0.1) is 10.2 Å². The van der Waals surface area contributed by atoms with Gasteiger partial charge < -0.3 is 19.4 Å². The predicted molar refractivity (Wildman–Crippen MR) is 123 cm³/mol. The lowest BCUT2D eigenvalue weighted by Gasteiger charge is -2.20. The molecule has 0 radical (unpaired) electrons. The molecule has 1 N–H and O–H groups in total. The summed E-state index contributed by atoms with van der Waals surface area (Å²) >= 11 is 0. The molecular formula is C25H29N5O3. The Kier molecular flexibility index (Phi) is 6.26. The first-order chi connectivity index (χ1) is 16.2. The summed E-state index contributed by atoms with van der Waals surface area (Å²) in [4.78, 5) is 14.9. The third-order valence-electron chi connectivity index (χ3n) is 6.24. The van der Waals surface area contributed by atoms with E-state index in [9.17, 15) is 4.79 Å². The highest BCUT2D eigenvalue weighted by Crippen LogP contribution is 2.33. The fourth-order valence-electron chi connectivity index (χ4n) is 4.45. The summed E-state index contributed by atoms with van der Waals surface area (Å²) in [6.45, 7) is 5.71. The molecule has 0 spiro atoms. The van der Waals surface area contributed by atoms with Crippen LogP contribution in [0.1, 0.15) is 42.2 Å². The van der Waals surface area contributed by atoms with Crippen LogP contribution in [-0.4, -0.2) is 45.5 Å². The number of hydrogen-bond donors (Lipinski definition) is 1. The molecule has 8 nitrogen and oxygen atoms in total. The van der Waals surface area contributed by atoms with Gasteiger partial charge in [0.1, 0.15) is 5.82 Å². The van der Waals surface area contributed by atoms with Gasteiger partial charge in [-0.05, 0) is 36.6 Å². The third kappa shape index (κ3) is 5.01. The number of aryl methyl sites for hydroxylation is 1. The summed E-state index contributed by atoms with van der Waals surface area (Å²) in [5.41, 5.74) is 2.37. The maximum Gasteiger partial charge on any atom is 0.231 e. The minimum Gasteiger partial charge on any atom is -0.454 e. The molecule has 3 aromatic rings. The normalized spacial score (nSPS) is 16.2. The average molecular weight is 448 g/mol. The average Bonchev–Trinajstić information content (AvgIpc) is 3.42. The second-order valence-electron chi connectivity index (χ2n) is 8.61. The SMILES string of the molecule is C[C@H](NC(=O)CCc1ccccc1)c1nnc2n1CCN(Cc1ccc3c(c1)OCO3)CC2. The molecule has 2 aliphatic rings. The van der Waals surface area contributed by atoms with Gasteiger partial charge in [-0.2, -0.15) is 0 Å². The van der Waals surface area contributed by atoms with Gasteiger partial charge in [0, 0.05) is 39.0 Å². The van der Waals surface area contributed by atoms with Gasteiger partial charge in [0.05, 0.1) is 6.04 Å². The minimum absolute atomic E-state index is 0.0294. The van der Waals surface area contributed by atoms with Crippen LogP contribution in [0.3, 0.4) is 0 Å². The smallest absolute Gasteiger partial charge is 0.231 e. The third-order valence-corrected chi connectivity index (χ3v) is 6.24. The number of amides is 1. The number of ether oxygens (including phenoxy) is 2. The topological polar surface area (TPSA) is 81.5 Å². The van der Waals surface area contributed by atoms with Crippen molar-refractivity contribution < 1.29 is 14.3 Å². The molecule has 1 atom stereocenters. The first-order valence-electron chi connectivity index (χ1n) is 11.5. The van der Waals surface area contributed by atoms with Crippen LogP contribution in [0.2, 0.25) is 0 Å². The molecule has 172 valence electrons. The zero-order valence-corrected chi connectivity index (χ0v) is 18.9. The Labute approximate surface area is 193 Å². The van der Waals surface area contributed by atoms with E-state index in [0.29, 0.717) is 13.2 Å². The number of nitrogens with one attached hydrogen (secondary N) is 1. The Morgan fingerprint density at radius 3 is 2.76 bits per heavy atom. The summed E-state index contributed by atoms with van der Waals surface area (Å²) in [7, 11) is 0. The number of nitrogens with zero attached hydrogens (tertiary/aromatic N) is 4. The number of aromatic nitrogens is 3. The van der Waals surface area contributed by atoms with Crippen LogP contribution in [0, 0.1) is 0 Å². The van der Waals surface area contributed by atoms with Crippen molar-refractivity contribution in [2.75, 3.05) is 19.9 Å². The van der Waals surface area contributed by atoms with E-state index in [2.05, 4.69) is 37.1 Å². The van der Waals surface area contributed by atoms with E-state index in [0.717, 1.165) is 62.2 Å². The maximum absolute atomic E-state index is 12.5. The molecule has 1 aromatic heterocycles. The van der Waals surface area contributed by atoms with Crippen LogP contribution in [-0.2, 0) is 30.7 Å². The van der Waals surface area contributed by atoms with Crippen molar-refractivity contribution in [3.8, 4) is 11.5 Å². The number of hydrogen-bond acceptors (Lipinski definition) is 6. The second kappa shape index (κ2) is 9.62. The van der Waals surface area contributed by atoms with E-state index in [1.165, 1.54) is 11.1 Å². The molecule has 33 heavy (non-hydrogen) atoms. The Bertz CT molecular complexity index is 1110. The van der Waals surface area contributed by atoms with E-state index in [4.69, 9.17) is 9.47 Å². The number of benzene rings is 2. The van der Waals surface area contributed by atoms with Crippen LogP contribution in [0.25, 0.3) is 0 Å². The first kappa shape index (κ1) is 21.5. The molecule has 0 aliphatic carbocycles. The summed E-state index contributed by atoms with van der Waals surface area (Å²) < 4.78 is 13.1. The molecule has 0 unspecified atom stereocenters. The highest BCUT2D eigenvalue weighted by atomic mass is 16.7. The van der Waals surface area contributed by atoms with E-state index in [1.807, 2.05) is 43.3 Å². The number of rotatable bonds is 7. The van der Waals surface area contributed by atoms with E-state index >= 15 is 0 Å². The quantitative estimate of drug-likeness (QED) is 0.600. The Morgan fingerprint density at radius 2 is 1.88 bits per heavy atom. The van der Waals surface area contributed by atoms with E-state index in [-0.39, 0.29) is 11.9 Å². The van der Waals surface area contributed by atoms with Crippen molar-refractivity contribution in [3.63, 3.8) is 0 Å². The van der Waals surface area contributed by atoms with E-state index < -0.39 is 0 Å². The van der Waals surface area contributed by atoms with Crippen molar-refractivity contribution in [2.24, 2.45) is 0 Å². The zero-order chi connectivity index (χ0) is 22.6. The number of carbonyl (C=O) groups excluding carboxylic acids is 1. The zero-order valence-electron chi connectivity index (χ0n) is 18.9. The van der Waals surface area contributed by atoms with Crippen LogP contribution < -0.4 is 14.8 Å². The summed E-state index contributed by atoms with van der Waals surface area (Å²) in [5, 5.41) is 11.9. The lowest BCUT2D eigenvalue weighted by Crippen LogP contribution is -2.30. The molecule has 0 saturated carbocycles. The molecule has 5 rings (SSSR count). The lowest BCUT2D eigenvalue weighted by atomic mass is 10.1. The van der Waals surface area contributed by atoms with Crippen LogP contribution in [0.5, 0.6) is 11.5 Å². The fourth-order valence-corrected chi connectivity index (χ4v) is 4.45. The van der Waals surface area contributed by atoms with Crippen LogP contribution in [0.4, 0.5) is 0 Å². The first-order valence-corrected chi connectivity index (χ1v) is 11.5. The standard InChI is InChI=1S/C25H29N5O3/c1-18(26-24(31)10-8-19-5-3-2-4-6-19)25-28-27-23-11-12-29(13-14-30(23)25)16-20-7-9-21-22(15-20)33-17-32-21/h2-7,9,15,18H,8,10-14,16-17H2,1H3,(H,26,31)/t18-/m0/s1. The number of fused-ring (bicyclic) bond motifs is 2. The molecule has 2 aliphatic heterocycles. The monoisotopic (exact) mass is 447 g/mol. The molecule has 2 aromatic carbocycles. The van der Waals surface area contributed by atoms with E-state index in [1.54, 1.807) is 0 Å². The van der Waals surface area contributed by atoms with Gasteiger partial charge in [-0.25, -0.2) is 0 Å². The van der Waals surface area contributed by atoms with Crippen LogP contribution >= 0.6 is 0 Å². The molecular weight excluding hydrogens is 418 g/mol. The summed E-state index contributed by atoms with van der Waals surface area (Å²) in [5.74, 6) is 3.46. The van der Waals surface area contributed by atoms with Crippen molar-refractivity contribution in [1.82, 2.24) is 25.0 Å². The van der Waals surface area contributed by atoms with Crippen molar-refractivity contribution in [2.45, 2.75) is 45.3 Å². The van der Waals surface area contributed by atoms with Crippen molar-refractivity contribution >= 4 is 5.91 Å². The molecule has 0 bridgehead atoms. The lowest BCUT2D eigenvalue weighted by molar-refractivity contribution is -0.121. The Morgan fingerprint density at radius 1 is 1.03 bits per heavy atom. The molecule has 0 saturated heterocycles. The minimum atomic E-state index is -0.185. The van der Waals surface area contributed by atoms with Crippen molar-refractivity contribution in [1.29, 1.82) is 0 Å². The van der Waals surface area contributed by atoms with Gasteiger partial charge in [-0.3, -0.25) is 9.69 Å². The Balaban J connectivity index is 1.17. The van der Waals surface area contributed by atoms with Gasteiger partial charge in [-0.1, -0.05) is 36.4 Å². The Hall–Kier alpha value is -3.39. The summed E-state index contributed by atoms with van der Waals surface area (Å²) in [6, 6.07) is 16.0. The molecule has 3 heterocycles. The fraction of sp³-hybridized carbons (Fsp3) is 0.400. The van der Waals surface area contributed by atoms with Gasteiger partial charge in [0.25, 0.3) is 0 Å². The second-order valence-corrected chi connectivity index (χ2v) is 8.61. The maximum atomic E-state index is 12.5. The largest absolute Gasteiger partial charge is 0.454 e. The highest BCUT2D eigenvalue weighted by Gasteiger charge is 2.23. The highest BCUT2D eigenvalue weighted by molar-refractivity contribution is 5.76. The predicted octanol–water partition coefficient (Wildman–Crippen LogP) is 2.88. The van der Waals surface area contributed by atoms with Crippen LogP contribution in [0.15, 0.2) is 48.5 Å².